The van der Waals surface area contributed by atoms with Gasteiger partial charge in [-0.3, -0.25) is 4.90 Å². The quantitative estimate of drug-likeness (QED) is 0.371. The zero-order valence-electron chi connectivity index (χ0n) is 19.8. The molecule has 0 amide bonds. The Bertz CT molecular complexity index is 1030. The van der Waals surface area contributed by atoms with Crippen LogP contribution in [0, 0.1) is 11.8 Å². The van der Waals surface area contributed by atoms with Gasteiger partial charge in [0.25, 0.3) is 0 Å². The van der Waals surface area contributed by atoms with E-state index in [0.717, 1.165) is 48.6 Å². The second-order valence-electron chi connectivity index (χ2n) is 8.76. The first-order chi connectivity index (χ1) is 16.6. The monoisotopic (exact) mass is 487 g/mol. The van der Waals surface area contributed by atoms with Crippen molar-refractivity contribution in [1.82, 2.24) is 4.90 Å². The highest BCUT2D eigenvalue weighted by Gasteiger charge is 2.54. The molecular formula is C30H33NOS2. The fourth-order valence-corrected chi connectivity index (χ4v) is 8.17. The van der Waals surface area contributed by atoms with Gasteiger partial charge in [0.1, 0.15) is 5.60 Å². The van der Waals surface area contributed by atoms with E-state index in [-0.39, 0.29) is 4.08 Å². The third-order valence-corrected chi connectivity index (χ3v) is 9.87. The fraction of sp³-hybridized carbons (Fsp3) is 0.333. The minimum atomic E-state index is -1.09. The van der Waals surface area contributed by atoms with Crippen LogP contribution < -0.4 is 0 Å². The summed E-state index contributed by atoms with van der Waals surface area (Å²) in [7, 11) is 2.11. The lowest BCUT2D eigenvalue weighted by atomic mass is 9.81. The number of hydrogen-bond acceptors (Lipinski definition) is 4. The van der Waals surface area contributed by atoms with Crippen LogP contribution in [0.1, 0.15) is 36.0 Å². The van der Waals surface area contributed by atoms with Crippen LogP contribution >= 0.6 is 23.5 Å². The maximum absolute atomic E-state index is 12.5. The second kappa shape index (κ2) is 12.0. The topological polar surface area (TPSA) is 23.5 Å². The van der Waals surface area contributed by atoms with E-state index >= 15 is 0 Å². The van der Waals surface area contributed by atoms with Crippen molar-refractivity contribution in [3.8, 4) is 11.8 Å². The molecule has 4 rings (SSSR count). The van der Waals surface area contributed by atoms with E-state index in [1.54, 1.807) is 0 Å². The predicted molar refractivity (Wildman–Crippen MR) is 148 cm³/mol. The third kappa shape index (κ3) is 5.73. The summed E-state index contributed by atoms with van der Waals surface area (Å²) in [6.45, 7) is 1.64. The second-order valence-corrected chi connectivity index (χ2v) is 11.8. The SMILES string of the molecule is CN(CC#CCCC1(C(O)(c2ccccc2)c2ccccc2)SCCCS1)Cc1ccccc1. The molecule has 1 heterocycles. The summed E-state index contributed by atoms with van der Waals surface area (Å²) in [5.41, 5.74) is 2.13. The Kier molecular flexibility index (Phi) is 8.80. The smallest absolute Gasteiger partial charge is 0.138 e. The van der Waals surface area contributed by atoms with E-state index in [4.69, 9.17) is 0 Å². The molecule has 4 heteroatoms. The highest BCUT2D eigenvalue weighted by Crippen LogP contribution is 2.58. The molecule has 0 atom stereocenters. The van der Waals surface area contributed by atoms with Crippen molar-refractivity contribution in [2.45, 2.75) is 35.5 Å². The van der Waals surface area contributed by atoms with Gasteiger partial charge in [0, 0.05) is 13.0 Å². The Labute approximate surface area is 213 Å². The fourth-order valence-electron chi connectivity index (χ4n) is 4.53. The largest absolute Gasteiger partial charge is 0.378 e. The van der Waals surface area contributed by atoms with Gasteiger partial charge in [-0.05, 0) is 48.1 Å². The molecule has 176 valence electrons. The molecule has 3 aromatic carbocycles. The molecule has 0 spiro atoms. The first kappa shape index (κ1) is 24.9. The predicted octanol–water partition coefficient (Wildman–Crippen LogP) is 6.40. The molecule has 34 heavy (non-hydrogen) atoms. The molecule has 1 fully saturated rings. The molecule has 0 unspecified atom stereocenters. The Hall–Kier alpha value is -2.16. The van der Waals surface area contributed by atoms with Crippen molar-refractivity contribution in [2.24, 2.45) is 0 Å². The van der Waals surface area contributed by atoms with Gasteiger partial charge in [-0.2, -0.15) is 0 Å². The summed E-state index contributed by atoms with van der Waals surface area (Å²) in [6, 6.07) is 30.9. The first-order valence-electron chi connectivity index (χ1n) is 11.9. The number of aliphatic hydroxyl groups is 1. The minimum absolute atomic E-state index is 0.376. The van der Waals surface area contributed by atoms with Crippen molar-refractivity contribution < 1.29 is 5.11 Å². The zero-order valence-corrected chi connectivity index (χ0v) is 21.5. The Morgan fingerprint density at radius 1 is 0.824 bits per heavy atom. The van der Waals surface area contributed by atoms with Crippen LogP contribution in [0.25, 0.3) is 0 Å². The van der Waals surface area contributed by atoms with Crippen molar-refractivity contribution in [2.75, 3.05) is 25.1 Å². The van der Waals surface area contributed by atoms with Gasteiger partial charge >= 0.3 is 0 Å². The third-order valence-electron chi connectivity index (χ3n) is 6.24. The molecule has 1 aliphatic heterocycles. The van der Waals surface area contributed by atoms with E-state index in [1.165, 1.54) is 12.0 Å². The zero-order chi connectivity index (χ0) is 23.7. The van der Waals surface area contributed by atoms with Gasteiger partial charge in [0.2, 0.25) is 0 Å². The number of hydrogen-bond donors (Lipinski definition) is 1. The molecule has 0 aliphatic carbocycles. The molecule has 1 aliphatic rings. The van der Waals surface area contributed by atoms with Crippen molar-refractivity contribution in [3.05, 3.63) is 108 Å². The van der Waals surface area contributed by atoms with Crippen LogP contribution in [-0.2, 0) is 12.1 Å². The van der Waals surface area contributed by atoms with Gasteiger partial charge in [-0.15, -0.1) is 29.4 Å². The molecule has 1 N–H and O–H groups in total. The maximum atomic E-state index is 12.5. The van der Waals surface area contributed by atoms with Gasteiger partial charge in [0.15, 0.2) is 0 Å². The van der Waals surface area contributed by atoms with Crippen LogP contribution in [0.2, 0.25) is 0 Å². The van der Waals surface area contributed by atoms with Gasteiger partial charge in [-0.1, -0.05) is 96.9 Å². The lowest BCUT2D eigenvalue weighted by Gasteiger charge is -2.49. The highest BCUT2D eigenvalue weighted by atomic mass is 32.2. The molecule has 0 bridgehead atoms. The molecular weight excluding hydrogens is 454 g/mol. The summed E-state index contributed by atoms with van der Waals surface area (Å²) in [6.07, 6.45) is 2.77. The highest BCUT2D eigenvalue weighted by molar-refractivity contribution is 8.18. The molecule has 3 aromatic rings. The van der Waals surface area contributed by atoms with E-state index in [2.05, 4.69) is 72.3 Å². The number of benzene rings is 3. The van der Waals surface area contributed by atoms with Crippen molar-refractivity contribution in [1.29, 1.82) is 0 Å². The van der Waals surface area contributed by atoms with Crippen molar-refractivity contribution >= 4 is 23.5 Å². The van der Waals surface area contributed by atoms with E-state index in [0.29, 0.717) is 0 Å². The summed E-state index contributed by atoms with van der Waals surface area (Å²) in [5.74, 6) is 8.90. The lowest BCUT2D eigenvalue weighted by Crippen LogP contribution is -2.49. The number of nitrogens with zero attached hydrogens (tertiary/aromatic N) is 1. The standard InChI is InChI=1S/C30H33NOS2/c1-31(25-26-15-6-2-7-16-26)22-13-5-12-21-29(33-23-14-24-34-29)30(32,27-17-8-3-9-18-27)28-19-10-4-11-20-28/h2-4,6-11,15-20,32H,12,14,21-25H2,1H3. The average molecular weight is 488 g/mol. The summed E-state index contributed by atoms with van der Waals surface area (Å²) < 4.78 is -0.376. The molecule has 0 radical (unpaired) electrons. The first-order valence-corrected chi connectivity index (χ1v) is 13.9. The van der Waals surface area contributed by atoms with Crippen LogP contribution in [0.4, 0.5) is 0 Å². The minimum Gasteiger partial charge on any atom is -0.378 e. The summed E-state index contributed by atoms with van der Waals surface area (Å²) in [5, 5.41) is 12.5. The van der Waals surface area contributed by atoms with E-state index in [9.17, 15) is 5.11 Å². The van der Waals surface area contributed by atoms with Gasteiger partial charge in [0.05, 0.1) is 10.6 Å². The normalized spacial score (nSPS) is 15.5. The molecule has 0 saturated carbocycles. The molecule has 0 aromatic heterocycles. The lowest BCUT2D eigenvalue weighted by molar-refractivity contribution is 0.0644. The van der Waals surface area contributed by atoms with E-state index in [1.807, 2.05) is 66.0 Å². The Balaban J connectivity index is 1.53. The van der Waals surface area contributed by atoms with Crippen LogP contribution in [0.5, 0.6) is 0 Å². The Morgan fingerprint density at radius 3 is 1.91 bits per heavy atom. The molecule has 2 nitrogen and oxygen atoms in total. The van der Waals surface area contributed by atoms with Crippen LogP contribution in [-0.4, -0.2) is 39.2 Å². The number of thioether (sulfide) groups is 2. The van der Waals surface area contributed by atoms with Crippen LogP contribution in [0.15, 0.2) is 91.0 Å². The summed E-state index contributed by atoms with van der Waals surface area (Å²) >= 11 is 3.82. The van der Waals surface area contributed by atoms with E-state index < -0.39 is 5.60 Å². The van der Waals surface area contributed by atoms with Crippen molar-refractivity contribution in [3.63, 3.8) is 0 Å². The molecule has 1 saturated heterocycles. The maximum Gasteiger partial charge on any atom is 0.138 e. The van der Waals surface area contributed by atoms with Gasteiger partial charge in [-0.25, -0.2) is 0 Å². The van der Waals surface area contributed by atoms with Gasteiger partial charge < -0.3 is 5.11 Å². The summed E-state index contributed by atoms with van der Waals surface area (Å²) in [4.78, 5) is 2.24. The Morgan fingerprint density at radius 2 is 1.35 bits per heavy atom. The van der Waals surface area contributed by atoms with Crippen LogP contribution in [0.3, 0.4) is 0 Å². The average Bonchev–Trinajstić information content (AvgIpc) is 2.90. The number of rotatable bonds is 8.